The molecule has 2 aromatic rings. The highest BCUT2D eigenvalue weighted by Crippen LogP contribution is 2.36. The van der Waals surface area contributed by atoms with Gasteiger partial charge in [-0.3, -0.25) is 0 Å². The van der Waals surface area contributed by atoms with Gasteiger partial charge in [0.1, 0.15) is 12.0 Å². The van der Waals surface area contributed by atoms with E-state index in [9.17, 15) is 4.39 Å². The fourth-order valence-electron chi connectivity index (χ4n) is 2.25. The van der Waals surface area contributed by atoms with Crippen molar-refractivity contribution in [1.82, 2.24) is 5.32 Å². The summed E-state index contributed by atoms with van der Waals surface area (Å²) in [5.41, 5.74) is 2.92. The van der Waals surface area contributed by atoms with Crippen molar-refractivity contribution in [2.24, 2.45) is 0 Å². The molecule has 0 amide bonds. The van der Waals surface area contributed by atoms with Crippen LogP contribution in [0, 0.1) is 5.82 Å². The maximum absolute atomic E-state index is 13.8. The summed E-state index contributed by atoms with van der Waals surface area (Å²) in [6.07, 6.45) is -0.348. The molecule has 2 nitrogen and oxygen atoms in total. The van der Waals surface area contributed by atoms with Gasteiger partial charge in [0.2, 0.25) is 0 Å². The van der Waals surface area contributed by atoms with E-state index in [1.54, 1.807) is 24.3 Å². The van der Waals surface area contributed by atoms with Crippen molar-refractivity contribution < 1.29 is 4.39 Å². The summed E-state index contributed by atoms with van der Waals surface area (Å²) in [5, 5.41) is 6.99. The first-order valence-electron chi connectivity index (χ1n) is 5.92. The lowest BCUT2D eigenvalue weighted by atomic mass is 10.0. The largest absolute Gasteiger partial charge is 0.361 e. The van der Waals surface area contributed by atoms with Crippen molar-refractivity contribution in [1.29, 1.82) is 0 Å². The molecule has 0 bridgehead atoms. The number of nitrogens with one attached hydrogen (secondary N) is 2. The predicted molar refractivity (Wildman–Crippen MR) is 76.4 cm³/mol. The summed E-state index contributed by atoms with van der Waals surface area (Å²) in [6, 6.07) is 12.2. The summed E-state index contributed by atoms with van der Waals surface area (Å²) in [6.45, 7) is 3.96. The van der Waals surface area contributed by atoms with Gasteiger partial charge in [0.15, 0.2) is 0 Å². The average Bonchev–Trinajstić information content (AvgIpc) is 2.39. The van der Waals surface area contributed by atoms with Gasteiger partial charge in [0.05, 0.1) is 5.02 Å². The van der Waals surface area contributed by atoms with Crippen LogP contribution >= 0.6 is 11.6 Å². The minimum absolute atomic E-state index is 0.259. The van der Waals surface area contributed by atoms with Gasteiger partial charge in [-0.25, -0.2) is 4.39 Å². The van der Waals surface area contributed by atoms with Crippen molar-refractivity contribution in [3.63, 3.8) is 0 Å². The van der Waals surface area contributed by atoms with Gasteiger partial charge in [-0.05, 0) is 18.2 Å². The van der Waals surface area contributed by atoms with Crippen LogP contribution in [0.5, 0.6) is 0 Å². The Morgan fingerprint density at radius 1 is 1.05 bits per heavy atom. The van der Waals surface area contributed by atoms with Crippen molar-refractivity contribution in [2.75, 3.05) is 5.32 Å². The summed E-state index contributed by atoms with van der Waals surface area (Å²) >= 11 is 6.15. The number of rotatable bonds is 1. The molecule has 1 atom stereocenters. The number of anilines is 1. The first-order valence-corrected chi connectivity index (χ1v) is 6.30. The highest BCUT2D eigenvalue weighted by atomic mass is 35.5. The van der Waals surface area contributed by atoms with E-state index in [1.165, 1.54) is 6.07 Å². The topological polar surface area (TPSA) is 24.1 Å². The van der Waals surface area contributed by atoms with Crippen LogP contribution in [-0.4, -0.2) is 0 Å². The first-order chi connectivity index (χ1) is 9.16. The van der Waals surface area contributed by atoms with E-state index in [-0.39, 0.29) is 12.0 Å². The molecule has 19 heavy (non-hydrogen) atoms. The molecule has 0 aromatic heterocycles. The molecule has 96 valence electrons. The lowest BCUT2D eigenvalue weighted by Crippen LogP contribution is -2.32. The van der Waals surface area contributed by atoms with Gasteiger partial charge >= 0.3 is 0 Å². The zero-order valence-corrected chi connectivity index (χ0v) is 10.8. The van der Waals surface area contributed by atoms with Gasteiger partial charge in [-0.1, -0.05) is 42.4 Å². The normalized spacial score (nSPS) is 17.4. The first kappa shape index (κ1) is 12.1. The number of benzene rings is 2. The van der Waals surface area contributed by atoms with Crippen LogP contribution in [0.15, 0.2) is 49.0 Å². The third-order valence-electron chi connectivity index (χ3n) is 3.15. The van der Waals surface area contributed by atoms with Gasteiger partial charge in [-0.15, -0.1) is 0 Å². The van der Waals surface area contributed by atoms with Crippen molar-refractivity contribution in [3.8, 4) is 0 Å². The van der Waals surface area contributed by atoms with Crippen molar-refractivity contribution in [3.05, 3.63) is 71.0 Å². The zero-order chi connectivity index (χ0) is 13.4. The minimum Gasteiger partial charge on any atom is -0.361 e. The maximum atomic E-state index is 13.8. The van der Waals surface area contributed by atoms with Crippen molar-refractivity contribution >= 4 is 23.0 Å². The van der Waals surface area contributed by atoms with Crippen LogP contribution in [-0.2, 0) is 0 Å². The SMILES string of the molecule is C=C1NC(c2ccccc2F)Nc2cccc(Cl)c21. The fourth-order valence-corrected chi connectivity index (χ4v) is 2.54. The molecular weight excluding hydrogens is 263 g/mol. The van der Waals surface area contributed by atoms with Gasteiger partial charge in [0, 0.05) is 22.5 Å². The monoisotopic (exact) mass is 274 g/mol. The fraction of sp³-hybridized carbons (Fsp3) is 0.0667. The average molecular weight is 275 g/mol. The Morgan fingerprint density at radius 2 is 1.84 bits per heavy atom. The molecule has 0 aliphatic carbocycles. The smallest absolute Gasteiger partial charge is 0.130 e. The Balaban J connectivity index is 2.03. The highest BCUT2D eigenvalue weighted by molar-refractivity contribution is 6.33. The highest BCUT2D eigenvalue weighted by Gasteiger charge is 2.24. The molecule has 0 radical (unpaired) electrons. The maximum Gasteiger partial charge on any atom is 0.130 e. The van der Waals surface area contributed by atoms with Crippen LogP contribution in [0.2, 0.25) is 5.02 Å². The molecular formula is C15H12ClFN2. The van der Waals surface area contributed by atoms with Crippen molar-refractivity contribution in [2.45, 2.75) is 6.17 Å². The van der Waals surface area contributed by atoms with E-state index >= 15 is 0 Å². The second kappa shape index (κ2) is 4.59. The third kappa shape index (κ3) is 2.06. The lowest BCUT2D eigenvalue weighted by Gasteiger charge is -2.31. The van der Waals surface area contributed by atoms with Crippen LogP contribution < -0.4 is 10.6 Å². The van der Waals surface area contributed by atoms with E-state index in [1.807, 2.05) is 12.1 Å². The summed E-state index contributed by atoms with van der Waals surface area (Å²) in [4.78, 5) is 0. The van der Waals surface area contributed by atoms with Crippen LogP contribution in [0.25, 0.3) is 5.70 Å². The van der Waals surface area contributed by atoms with E-state index < -0.39 is 0 Å². The standard InChI is InChI=1S/C15H12ClFN2/c1-9-14-11(16)6-4-8-13(14)19-15(18-9)10-5-2-3-7-12(10)17/h2-8,15,18-19H,1H2. The quantitative estimate of drug-likeness (QED) is 0.816. The van der Waals surface area contributed by atoms with Crippen LogP contribution in [0.4, 0.5) is 10.1 Å². The summed E-state index contributed by atoms with van der Waals surface area (Å²) < 4.78 is 13.8. The Bertz CT molecular complexity index is 654. The van der Waals surface area contributed by atoms with E-state index in [2.05, 4.69) is 17.2 Å². The van der Waals surface area contributed by atoms with Gasteiger partial charge in [-0.2, -0.15) is 0 Å². The molecule has 1 aliphatic rings. The zero-order valence-electron chi connectivity index (χ0n) is 10.1. The minimum atomic E-state index is -0.348. The van der Waals surface area contributed by atoms with Gasteiger partial charge in [0.25, 0.3) is 0 Å². The second-order valence-electron chi connectivity index (χ2n) is 4.38. The predicted octanol–water partition coefficient (Wildman–Crippen LogP) is 4.16. The summed E-state index contributed by atoms with van der Waals surface area (Å²) in [5.74, 6) is -0.259. The Kier molecular flexibility index (Phi) is 2.91. The van der Waals surface area contributed by atoms with E-state index in [0.29, 0.717) is 16.3 Å². The molecule has 0 saturated carbocycles. The third-order valence-corrected chi connectivity index (χ3v) is 3.46. The molecule has 2 N–H and O–H groups in total. The molecule has 1 heterocycles. The number of hydrogen-bond donors (Lipinski definition) is 2. The van der Waals surface area contributed by atoms with Crippen LogP contribution in [0.1, 0.15) is 17.3 Å². The second-order valence-corrected chi connectivity index (χ2v) is 4.79. The molecule has 4 heteroatoms. The lowest BCUT2D eigenvalue weighted by molar-refractivity contribution is 0.577. The molecule has 0 saturated heterocycles. The number of fused-ring (bicyclic) bond motifs is 1. The molecule has 2 aromatic carbocycles. The Hall–Kier alpha value is -2.00. The van der Waals surface area contributed by atoms with Gasteiger partial charge < -0.3 is 10.6 Å². The molecule has 0 spiro atoms. The van der Waals surface area contributed by atoms with E-state index in [0.717, 1.165) is 11.3 Å². The van der Waals surface area contributed by atoms with E-state index in [4.69, 9.17) is 11.6 Å². The van der Waals surface area contributed by atoms with Crippen LogP contribution in [0.3, 0.4) is 0 Å². The molecule has 3 rings (SSSR count). The number of halogens is 2. The molecule has 1 aliphatic heterocycles. The molecule has 0 fully saturated rings. The number of hydrogen-bond acceptors (Lipinski definition) is 2. The Labute approximate surface area is 115 Å². The Morgan fingerprint density at radius 3 is 2.63 bits per heavy atom. The molecule has 1 unspecified atom stereocenters. The summed E-state index contributed by atoms with van der Waals surface area (Å²) in [7, 11) is 0.